The van der Waals surface area contributed by atoms with E-state index in [9.17, 15) is 14.7 Å². The lowest BCUT2D eigenvalue weighted by Crippen LogP contribution is -2.24. The number of hydrogen-bond acceptors (Lipinski definition) is 2. The van der Waals surface area contributed by atoms with E-state index in [1.54, 1.807) is 19.3 Å². The standard InChI is InChI=1S/C15H15NO3/c1-3-10-4-6-11(7-5-10)12-8-9-16(2)14(17)13(12)15(18)19/h4-9H,3H2,1-2H3,(H,18,19). The molecule has 0 amide bonds. The molecule has 4 heteroatoms. The van der Waals surface area contributed by atoms with Crippen molar-refractivity contribution in [2.24, 2.45) is 7.05 Å². The molecule has 0 radical (unpaired) electrons. The fourth-order valence-electron chi connectivity index (χ4n) is 2.00. The summed E-state index contributed by atoms with van der Waals surface area (Å²) < 4.78 is 1.27. The van der Waals surface area contributed by atoms with Gasteiger partial charge in [0.05, 0.1) is 0 Å². The SMILES string of the molecule is CCc1ccc(-c2ccn(C)c(=O)c2C(=O)O)cc1. The van der Waals surface area contributed by atoms with Gasteiger partial charge in [0.15, 0.2) is 0 Å². The molecule has 1 aromatic heterocycles. The Hall–Kier alpha value is -2.36. The van der Waals surface area contributed by atoms with Gasteiger partial charge in [-0.05, 0) is 23.6 Å². The minimum atomic E-state index is -1.20. The number of carbonyl (C=O) groups is 1. The highest BCUT2D eigenvalue weighted by Gasteiger charge is 2.17. The van der Waals surface area contributed by atoms with Crippen LogP contribution in [-0.2, 0) is 13.5 Å². The van der Waals surface area contributed by atoms with Gasteiger partial charge < -0.3 is 9.67 Å². The molecule has 0 saturated carbocycles. The first-order valence-electron chi connectivity index (χ1n) is 6.06. The summed E-state index contributed by atoms with van der Waals surface area (Å²) in [5.41, 5.74) is 1.69. The highest BCUT2D eigenvalue weighted by molar-refractivity contribution is 5.95. The highest BCUT2D eigenvalue weighted by Crippen LogP contribution is 2.22. The van der Waals surface area contributed by atoms with E-state index in [1.165, 1.54) is 10.1 Å². The Bertz CT molecular complexity index is 669. The molecule has 0 bridgehead atoms. The summed E-state index contributed by atoms with van der Waals surface area (Å²) in [6.07, 6.45) is 2.50. The summed E-state index contributed by atoms with van der Waals surface area (Å²) in [5, 5.41) is 9.22. The maximum atomic E-state index is 11.9. The summed E-state index contributed by atoms with van der Waals surface area (Å²) in [6, 6.07) is 9.24. The minimum absolute atomic E-state index is 0.186. The van der Waals surface area contributed by atoms with Crippen molar-refractivity contribution in [2.45, 2.75) is 13.3 Å². The molecule has 0 aliphatic rings. The number of carboxylic acids is 1. The summed E-state index contributed by atoms with van der Waals surface area (Å²) in [6.45, 7) is 2.05. The molecule has 0 unspecified atom stereocenters. The monoisotopic (exact) mass is 257 g/mol. The Morgan fingerprint density at radius 1 is 1.21 bits per heavy atom. The normalized spacial score (nSPS) is 10.4. The van der Waals surface area contributed by atoms with Gasteiger partial charge in [-0.3, -0.25) is 4.79 Å². The average Bonchev–Trinajstić information content (AvgIpc) is 2.41. The Labute approximate surface area is 110 Å². The zero-order chi connectivity index (χ0) is 14.0. The maximum Gasteiger partial charge on any atom is 0.341 e. The van der Waals surface area contributed by atoms with Gasteiger partial charge in [-0.1, -0.05) is 31.2 Å². The molecule has 1 heterocycles. The molecule has 4 nitrogen and oxygen atoms in total. The van der Waals surface area contributed by atoms with Gasteiger partial charge in [0, 0.05) is 18.8 Å². The molecule has 2 aromatic rings. The van der Waals surface area contributed by atoms with Crippen molar-refractivity contribution in [3.63, 3.8) is 0 Å². The lowest BCUT2D eigenvalue weighted by molar-refractivity contribution is 0.0695. The highest BCUT2D eigenvalue weighted by atomic mass is 16.4. The van der Waals surface area contributed by atoms with Crippen LogP contribution in [-0.4, -0.2) is 15.6 Å². The second-order valence-electron chi connectivity index (χ2n) is 4.38. The third-order valence-electron chi connectivity index (χ3n) is 3.16. The van der Waals surface area contributed by atoms with Crippen LogP contribution in [0.2, 0.25) is 0 Å². The van der Waals surface area contributed by atoms with Crippen molar-refractivity contribution in [3.05, 3.63) is 58.0 Å². The third kappa shape index (κ3) is 2.42. The summed E-state index contributed by atoms with van der Waals surface area (Å²) >= 11 is 0. The van der Waals surface area contributed by atoms with E-state index >= 15 is 0 Å². The lowest BCUT2D eigenvalue weighted by atomic mass is 10.00. The fraction of sp³-hybridized carbons (Fsp3) is 0.200. The van der Waals surface area contributed by atoms with Crippen LogP contribution < -0.4 is 5.56 Å². The third-order valence-corrected chi connectivity index (χ3v) is 3.16. The molecule has 0 fully saturated rings. The van der Waals surface area contributed by atoms with Crippen LogP contribution in [0.4, 0.5) is 0 Å². The Balaban J connectivity index is 2.64. The molecular weight excluding hydrogens is 242 g/mol. The van der Waals surface area contributed by atoms with Gasteiger partial charge in [-0.25, -0.2) is 4.79 Å². The first kappa shape index (κ1) is 13.1. The number of pyridine rings is 1. The van der Waals surface area contributed by atoms with E-state index in [1.807, 2.05) is 24.3 Å². The number of aromatic nitrogens is 1. The van der Waals surface area contributed by atoms with Crippen LogP contribution in [0.15, 0.2) is 41.3 Å². The van der Waals surface area contributed by atoms with Crippen molar-refractivity contribution < 1.29 is 9.90 Å². The Kier molecular flexibility index (Phi) is 3.51. The zero-order valence-corrected chi connectivity index (χ0v) is 10.9. The average molecular weight is 257 g/mol. The molecule has 0 saturated heterocycles. The topological polar surface area (TPSA) is 59.3 Å². The predicted octanol–water partition coefficient (Wildman–Crippen LogP) is 2.31. The van der Waals surface area contributed by atoms with Crippen LogP contribution >= 0.6 is 0 Å². The van der Waals surface area contributed by atoms with Gasteiger partial charge in [0.2, 0.25) is 0 Å². The van der Waals surface area contributed by atoms with Gasteiger partial charge in [-0.15, -0.1) is 0 Å². The van der Waals surface area contributed by atoms with Crippen LogP contribution in [0, 0.1) is 0 Å². The summed E-state index contributed by atoms with van der Waals surface area (Å²) in [4.78, 5) is 23.2. The van der Waals surface area contributed by atoms with Crippen LogP contribution in [0.5, 0.6) is 0 Å². The quantitative estimate of drug-likeness (QED) is 0.917. The van der Waals surface area contributed by atoms with Gasteiger partial charge >= 0.3 is 5.97 Å². The molecular formula is C15H15NO3. The van der Waals surface area contributed by atoms with Gasteiger partial charge in [-0.2, -0.15) is 0 Å². The van der Waals surface area contributed by atoms with Gasteiger partial charge in [0.25, 0.3) is 5.56 Å². The smallest absolute Gasteiger partial charge is 0.341 e. The first-order valence-corrected chi connectivity index (χ1v) is 6.06. The largest absolute Gasteiger partial charge is 0.477 e. The van der Waals surface area contributed by atoms with E-state index in [0.717, 1.165) is 12.0 Å². The number of aromatic carboxylic acids is 1. The zero-order valence-electron chi connectivity index (χ0n) is 10.9. The molecule has 19 heavy (non-hydrogen) atoms. The number of carboxylic acid groups (broad SMARTS) is 1. The van der Waals surface area contributed by atoms with Crippen molar-refractivity contribution in [2.75, 3.05) is 0 Å². The fourth-order valence-corrected chi connectivity index (χ4v) is 2.00. The minimum Gasteiger partial charge on any atom is -0.477 e. The molecule has 0 atom stereocenters. The number of nitrogens with zero attached hydrogens (tertiary/aromatic N) is 1. The van der Waals surface area contributed by atoms with E-state index < -0.39 is 11.5 Å². The van der Waals surface area contributed by atoms with Crippen LogP contribution in [0.3, 0.4) is 0 Å². The molecule has 0 aliphatic carbocycles. The first-order chi connectivity index (χ1) is 9.04. The molecule has 1 N–H and O–H groups in total. The van der Waals surface area contributed by atoms with Crippen molar-refractivity contribution in [1.82, 2.24) is 4.57 Å². The Morgan fingerprint density at radius 3 is 2.37 bits per heavy atom. The number of rotatable bonds is 3. The maximum absolute atomic E-state index is 11.9. The molecule has 98 valence electrons. The summed E-state index contributed by atoms with van der Waals surface area (Å²) in [5.74, 6) is -1.20. The Morgan fingerprint density at radius 2 is 1.84 bits per heavy atom. The van der Waals surface area contributed by atoms with Gasteiger partial charge in [0.1, 0.15) is 5.56 Å². The van der Waals surface area contributed by atoms with Crippen molar-refractivity contribution >= 4 is 5.97 Å². The number of benzene rings is 1. The molecule has 2 rings (SSSR count). The lowest BCUT2D eigenvalue weighted by Gasteiger charge is -2.08. The van der Waals surface area contributed by atoms with Crippen molar-refractivity contribution in [3.8, 4) is 11.1 Å². The molecule has 1 aromatic carbocycles. The van der Waals surface area contributed by atoms with Crippen LogP contribution in [0.1, 0.15) is 22.8 Å². The second-order valence-corrected chi connectivity index (χ2v) is 4.38. The van der Waals surface area contributed by atoms with E-state index in [0.29, 0.717) is 5.56 Å². The van der Waals surface area contributed by atoms with E-state index in [4.69, 9.17) is 0 Å². The molecule has 0 spiro atoms. The number of hydrogen-bond donors (Lipinski definition) is 1. The van der Waals surface area contributed by atoms with E-state index in [2.05, 4.69) is 6.92 Å². The predicted molar refractivity (Wildman–Crippen MR) is 73.5 cm³/mol. The summed E-state index contributed by atoms with van der Waals surface area (Å²) in [7, 11) is 1.54. The molecule has 0 aliphatic heterocycles. The number of aryl methyl sites for hydroxylation is 2. The second kappa shape index (κ2) is 5.10. The van der Waals surface area contributed by atoms with E-state index in [-0.39, 0.29) is 5.56 Å². The van der Waals surface area contributed by atoms with Crippen LogP contribution in [0.25, 0.3) is 11.1 Å². The van der Waals surface area contributed by atoms with Crippen molar-refractivity contribution in [1.29, 1.82) is 0 Å².